The van der Waals surface area contributed by atoms with Crippen LogP contribution in [0.4, 0.5) is 4.79 Å². The van der Waals surface area contributed by atoms with Crippen molar-refractivity contribution in [3.63, 3.8) is 0 Å². The maximum Gasteiger partial charge on any atom is 0.408 e. The Morgan fingerprint density at radius 2 is 1.79 bits per heavy atom. The summed E-state index contributed by atoms with van der Waals surface area (Å²) in [6.07, 6.45) is -0.427. The van der Waals surface area contributed by atoms with E-state index in [1.807, 2.05) is 41.5 Å². The van der Waals surface area contributed by atoms with Crippen molar-refractivity contribution >= 4 is 36.0 Å². The molecule has 2 rings (SSSR count). The van der Waals surface area contributed by atoms with Crippen molar-refractivity contribution in [2.75, 3.05) is 39.4 Å². The van der Waals surface area contributed by atoms with Crippen LogP contribution in [0.3, 0.4) is 0 Å². The van der Waals surface area contributed by atoms with E-state index in [1.165, 1.54) is 11.1 Å². The average Bonchev–Trinajstić information content (AvgIpc) is 2.69. The minimum atomic E-state index is -0.527. The van der Waals surface area contributed by atoms with Crippen molar-refractivity contribution in [3.05, 3.63) is 35.4 Å². The largest absolute Gasteiger partial charge is 0.444 e. The molecule has 1 amide bonds. The van der Waals surface area contributed by atoms with Gasteiger partial charge in [-0.05, 0) is 52.7 Å². The van der Waals surface area contributed by atoms with Gasteiger partial charge in [-0.15, -0.1) is 24.0 Å². The van der Waals surface area contributed by atoms with Crippen molar-refractivity contribution in [2.24, 2.45) is 4.99 Å². The smallest absolute Gasteiger partial charge is 0.408 e. The summed E-state index contributed by atoms with van der Waals surface area (Å²) >= 11 is 0. The molecule has 3 N–H and O–H groups in total. The number of ether oxygens (including phenoxy) is 2. The van der Waals surface area contributed by atoms with Gasteiger partial charge in [-0.25, -0.2) is 9.79 Å². The second kappa shape index (κ2) is 14.0. The fourth-order valence-corrected chi connectivity index (χ4v) is 3.28. The van der Waals surface area contributed by atoms with Gasteiger partial charge in [0.15, 0.2) is 5.96 Å². The predicted molar refractivity (Wildman–Crippen MR) is 144 cm³/mol. The zero-order valence-corrected chi connectivity index (χ0v) is 23.3. The Morgan fingerprint density at radius 1 is 1.12 bits per heavy atom. The highest BCUT2D eigenvalue weighted by atomic mass is 127. The first kappa shape index (κ1) is 29.4. The second-order valence-electron chi connectivity index (χ2n) is 9.77. The molecular weight excluding hydrogens is 533 g/mol. The summed E-state index contributed by atoms with van der Waals surface area (Å²) in [6, 6.07) is 8.58. The summed E-state index contributed by atoms with van der Waals surface area (Å²) in [7, 11) is 0. The number of alkyl carbamates (subject to hydrolysis) is 1. The van der Waals surface area contributed by atoms with Gasteiger partial charge in [-0.1, -0.05) is 24.3 Å². The fourth-order valence-electron chi connectivity index (χ4n) is 3.28. The maximum absolute atomic E-state index is 12.1. The van der Waals surface area contributed by atoms with Gasteiger partial charge in [-0.3, -0.25) is 4.90 Å². The summed E-state index contributed by atoms with van der Waals surface area (Å²) in [6.45, 7) is 17.8. The van der Waals surface area contributed by atoms with Gasteiger partial charge in [-0.2, -0.15) is 0 Å². The van der Waals surface area contributed by atoms with E-state index in [4.69, 9.17) is 14.5 Å². The number of amides is 1. The van der Waals surface area contributed by atoms with Crippen LogP contribution < -0.4 is 16.0 Å². The number of benzene rings is 1. The van der Waals surface area contributed by atoms with Crippen molar-refractivity contribution in [2.45, 2.75) is 65.8 Å². The fraction of sp³-hybridized carbons (Fsp3) is 0.667. The molecule has 33 heavy (non-hydrogen) atoms. The van der Waals surface area contributed by atoms with Crippen LogP contribution in [0.2, 0.25) is 0 Å². The number of halogens is 1. The quantitative estimate of drug-likeness (QED) is 0.250. The molecular formula is C24H42IN5O3. The highest BCUT2D eigenvalue weighted by Gasteiger charge is 2.24. The van der Waals surface area contributed by atoms with Crippen LogP contribution in [0.1, 0.15) is 52.7 Å². The van der Waals surface area contributed by atoms with Crippen molar-refractivity contribution in [1.29, 1.82) is 0 Å². The Kier molecular flexibility index (Phi) is 12.5. The second-order valence-corrected chi connectivity index (χ2v) is 9.77. The molecule has 9 heteroatoms. The molecule has 0 atom stereocenters. The Hall–Kier alpha value is -1.59. The van der Waals surface area contributed by atoms with Crippen LogP contribution in [-0.4, -0.2) is 67.5 Å². The number of guanidine groups is 1. The topological polar surface area (TPSA) is 87.2 Å². The number of hydrogen-bond donors (Lipinski definition) is 3. The van der Waals surface area contributed by atoms with Gasteiger partial charge >= 0.3 is 6.09 Å². The van der Waals surface area contributed by atoms with Gasteiger partial charge < -0.3 is 25.4 Å². The maximum atomic E-state index is 12.1. The highest BCUT2D eigenvalue weighted by molar-refractivity contribution is 14.0. The zero-order chi connectivity index (χ0) is 23.6. The molecule has 1 fully saturated rings. The van der Waals surface area contributed by atoms with Gasteiger partial charge in [0.25, 0.3) is 0 Å². The third kappa shape index (κ3) is 12.4. The predicted octanol–water partition coefficient (Wildman–Crippen LogP) is 3.50. The molecule has 188 valence electrons. The van der Waals surface area contributed by atoms with Crippen LogP contribution in [-0.2, 0) is 22.6 Å². The number of carbonyl (C=O) groups is 1. The van der Waals surface area contributed by atoms with Crippen LogP contribution in [0.15, 0.2) is 29.3 Å². The number of morpholine rings is 1. The first-order valence-electron chi connectivity index (χ1n) is 11.5. The summed E-state index contributed by atoms with van der Waals surface area (Å²) in [4.78, 5) is 19.3. The first-order chi connectivity index (χ1) is 15.1. The normalized spacial score (nSPS) is 15.4. The molecule has 0 bridgehead atoms. The zero-order valence-electron chi connectivity index (χ0n) is 21.0. The first-order valence-corrected chi connectivity index (χ1v) is 11.5. The summed E-state index contributed by atoms with van der Waals surface area (Å²) in [5, 5.41) is 9.51. The number of nitrogens with one attached hydrogen (secondary N) is 3. The SMILES string of the molecule is CCNC(=NCc1cccc(CN2CCOCC2)c1)NCC(C)(C)NC(=O)OC(C)(C)C.I. The number of rotatable bonds is 8. The van der Waals surface area contributed by atoms with E-state index < -0.39 is 17.2 Å². The van der Waals surface area contributed by atoms with E-state index in [9.17, 15) is 4.79 Å². The van der Waals surface area contributed by atoms with Gasteiger partial charge in [0, 0.05) is 32.7 Å². The lowest BCUT2D eigenvalue weighted by Crippen LogP contribution is -2.54. The molecule has 1 saturated heterocycles. The Bertz CT molecular complexity index is 759. The summed E-state index contributed by atoms with van der Waals surface area (Å²) < 4.78 is 10.8. The van der Waals surface area contributed by atoms with Crippen LogP contribution in [0.25, 0.3) is 0 Å². The number of carbonyl (C=O) groups excluding carboxylic acids is 1. The van der Waals surface area contributed by atoms with E-state index in [1.54, 1.807) is 0 Å². The Labute approximate surface area is 216 Å². The molecule has 0 aromatic heterocycles. The lowest BCUT2D eigenvalue weighted by molar-refractivity contribution is 0.0342. The van der Waals surface area contributed by atoms with E-state index in [2.05, 4.69) is 45.1 Å². The number of nitrogens with zero attached hydrogens (tertiary/aromatic N) is 2. The molecule has 1 aromatic rings. The van der Waals surface area contributed by atoms with Crippen LogP contribution in [0.5, 0.6) is 0 Å². The van der Waals surface area contributed by atoms with Gasteiger partial charge in [0.05, 0.1) is 25.3 Å². The van der Waals surface area contributed by atoms with Crippen molar-refractivity contribution in [3.8, 4) is 0 Å². The third-order valence-corrected chi connectivity index (χ3v) is 4.80. The minimum Gasteiger partial charge on any atom is -0.444 e. The molecule has 1 heterocycles. The molecule has 1 aliphatic rings. The van der Waals surface area contributed by atoms with E-state index in [0.717, 1.165) is 39.4 Å². The van der Waals surface area contributed by atoms with Crippen LogP contribution >= 0.6 is 24.0 Å². The third-order valence-electron chi connectivity index (χ3n) is 4.80. The summed E-state index contributed by atoms with van der Waals surface area (Å²) in [5.74, 6) is 0.713. The molecule has 8 nitrogen and oxygen atoms in total. The van der Waals surface area contributed by atoms with Crippen LogP contribution in [0, 0.1) is 0 Å². The number of hydrogen-bond acceptors (Lipinski definition) is 5. The molecule has 1 aromatic carbocycles. The Morgan fingerprint density at radius 3 is 2.42 bits per heavy atom. The van der Waals surface area contributed by atoms with Crippen molar-refractivity contribution in [1.82, 2.24) is 20.9 Å². The Balaban J connectivity index is 0.00000544. The monoisotopic (exact) mass is 575 g/mol. The average molecular weight is 576 g/mol. The van der Waals surface area contributed by atoms with Crippen molar-refractivity contribution < 1.29 is 14.3 Å². The lowest BCUT2D eigenvalue weighted by Gasteiger charge is -2.29. The molecule has 0 aliphatic carbocycles. The molecule has 1 aliphatic heterocycles. The molecule has 0 saturated carbocycles. The van der Waals surface area contributed by atoms with E-state index >= 15 is 0 Å². The number of aliphatic imine (C=N–C) groups is 1. The minimum absolute atomic E-state index is 0. The standard InChI is InChI=1S/C24H41N5O3.HI/c1-7-25-21(27-18-24(5,6)28-22(30)32-23(2,3)4)26-16-19-9-8-10-20(15-19)17-29-11-13-31-14-12-29;/h8-10,15H,7,11-14,16-18H2,1-6H3,(H,28,30)(H2,25,26,27);1H. The lowest BCUT2D eigenvalue weighted by atomic mass is 10.1. The van der Waals surface area contributed by atoms with Gasteiger partial charge in [0.2, 0.25) is 0 Å². The van der Waals surface area contributed by atoms with E-state index in [-0.39, 0.29) is 24.0 Å². The van der Waals surface area contributed by atoms with E-state index in [0.29, 0.717) is 19.0 Å². The molecule has 0 unspecified atom stereocenters. The molecule has 0 radical (unpaired) electrons. The molecule has 0 spiro atoms. The summed E-state index contributed by atoms with van der Waals surface area (Å²) in [5.41, 5.74) is 1.43. The van der Waals surface area contributed by atoms with Gasteiger partial charge in [0.1, 0.15) is 5.60 Å². The highest BCUT2D eigenvalue weighted by Crippen LogP contribution is 2.11.